The van der Waals surface area contributed by atoms with Gasteiger partial charge in [0.25, 0.3) is 5.56 Å². The summed E-state index contributed by atoms with van der Waals surface area (Å²) in [5.41, 5.74) is -1.85. The minimum atomic E-state index is -2.74. The number of aliphatic hydroxyl groups is 1. The number of rotatable bonds is 10. The zero-order chi connectivity index (χ0) is 36.5. The number of halogens is 1. The summed E-state index contributed by atoms with van der Waals surface area (Å²) >= 11 is 0. The van der Waals surface area contributed by atoms with Crippen molar-refractivity contribution >= 4 is 23.1 Å². The number of hydrogen-bond donors (Lipinski definition) is 3. The maximum absolute atomic E-state index is 16.3. The lowest BCUT2D eigenvalue weighted by molar-refractivity contribution is -0.187. The highest BCUT2D eigenvalue weighted by Gasteiger charge is 2.67. The third-order valence-electron chi connectivity index (χ3n) is 9.40. The van der Waals surface area contributed by atoms with Gasteiger partial charge in [-0.3, -0.25) is 14.3 Å². The van der Waals surface area contributed by atoms with E-state index in [1.807, 2.05) is 84.9 Å². The Labute approximate surface area is 298 Å². The summed E-state index contributed by atoms with van der Waals surface area (Å²) in [6.07, 6.45) is 3.01. The molecule has 0 radical (unpaired) electrons. The van der Waals surface area contributed by atoms with E-state index >= 15 is 4.39 Å². The van der Waals surface area contributed by atoms with Crippen LogP contribution in [0.1, 0.15) is 46.6 Å². The van der Waals surface area contributed by atoms with Crippen LogP contribution in [0.15, 0.2) is 126 Å². The van der Waals surface area contributed by atoms with Crippen molar-refractivity contribution in [2.75, 3.05) is 12.4 Å². The number of fused-ring (bicyclic) bond motifs is 1. The summed E-state index contributed by atoms with van der Waals surface area (Å²) in [5, 5.41) is 14.9. The van der Waals surface area contributed by atoms with Crippen LogP contribution in [0.4, 0.5) is 10.3 Å². The van der Waals surface area contributed by atoms with Crippen LogP contribution in [-0.4, -0.2) is 55.3 Å². The molecule has 0 amide bonds. The van der Waals surface area contributed by atoms with E-state index in [0.717, 1.165) is 16.7 Å². The number of aromatic amines is 1. The molecule has 1 saturated heterocycles. The molecular weight excluding hydrogens is 665 g/mol. The molecule has 12 heteroatoms. The number of alkyl halides is 1. The molecule has 4 atom stereocenters. The summed E-state index contributed by atoms with van der Waals surface area (Å²) < 4.78 is 34.6. The van der Waals surface area contributed by atoms with Crippen LogP contribution in [0.25, 0.3) is 11.2 Å². The molecule has 0 unspecified atom stereocenters. The van der Waals surface area contributed by atoms with E-state index < -0.39 is 40.9 Å². The van der Waals surface area contributed by atoms with Crippen LogP contribution in [0, 0.1) is 12.3 Å². The number of H-pyrrole nitrogens is 1. The summed E-state index contributed by atoms with van der Waals surface area (Å²) in [6.45, 7) is 1.45. The summed E-state index contributed by atoms with van der Waals surface area (Å²) in [4.78, 5) is 38.9. The highest BCUT2D eigenvalue weighted by Crippen LogP contribution is 2.50. The van der Waals surface area contributed by atoms with Crippen LogP contribution in [0.3, 0.4) is 0 Å². The molecular formula is C40H34FN5O6. The molecule has 2 aromatic heterocycles. The van der Waals surface area contributed by atoms with E-state index in [2.05, 4.69) is 21.2 Å². The van der Waals surface area contributed by atoms with Crippen LogP contribution < -0.4 is 15.6 Å². The number of carbonyl (C=O) groups is 1. The van der Waals surface area contributed by atoms with Crippen LogP contribution in [0.2, 0.25) is 0 Å². The number of benzene rings is 4. The molecule has 0 aliphatic carbocycles. The normalized spacial score (nSPS) is 21.4. The number of methoxy groups -OCH3 is 1. The van der Waals surface area contributed by atoms with Gasteiger partial charge in [-0.05, 0) is 41.0 Å². The molecule has 3 N–H and O–H groups in total. The number of terminal acetylenes is 1. The van der Waals surface area contributed by atoms with Crippen LogP contribution in [0.5, 0.6) is 5.75 Å². The smallest absolute Gasteiger partial charge is 0.339 e. The highest BCUT2D eigenvalue weighted by molar-refractivity contribution is 5.90. The first-order valence-corrected chi connectivity index (χ1v) is 16.5. The Kier molecular flexibility index (Phi) is 8.84. The quantitative estimate of drug-likeness (QED) is 0.0930. The predicted octanol–water partition coefficient (Wildman–Crippen LogP) is 5.73. The van der Waals surface area contributed by atoms with Gasteiger partial charge >= 0.3 is 5.97 Å². The third kappa shape index (κ3) is 5.56. The van der Waals surface area contributed by atoms with E-state index in [0.29, 0.717) is 5.75 Å². The molecule has 1 aliphatic rings. The van der Waals surface area contributed by atoms with E-state index in [-0.39, 0.29) is 29.1 Å². The van der Waals surface area contributed by atoms with Crippen molar-refractivity contribution in [2.24, 2.45) is 0 Å². The molecule has 262 valence electrons. The minimum Gasteiger partial charge on any atom is -0.497 e. The van der Waals surface area contributed by atoms with Crippen molar-refractivity contribution in [1.82, 2.24) is 19.5 Å². The lowest BCUT2D eigenvalue weighted by Crippen LogP contribution is -2.51. The number of ether oxygens (including phenoxy) is 3. The number of esters is 1. The number of carbonyl (C=O) groups excluding carboxylic acids is 1. The average molecular weight is 700 g/mol. The first kappa shape index (κ1) is 34.2. The molecule has 0 bridgehead atoms. The van der Waals surface area contributed by atoms with Gasteiger partial charge in [-0.15, -0.1) is 6.42 Å². The summed E-state index contributed by atoms with van der Waals surface area (Å²) in [6, 6.07) is 34.7. The first-order chi connectivity index (χ1) is 25.2. The van der Waals surface area contributed by atoms with Crippen molar-refractivity contribution in [1.29, 1.82) is 0 Å². The molecule has 4 aromatic carbocycles. The van der Waals surface area contributed by atoms with Gasteiger partial charge in [0, 0.05) is 6.42 Å². The van der Waals surface area contributed by atoms with Gasteiger partial charge < -0.3 is 24.6 Å². The van der Waals surface area contributed by atoms with Crippen molar-refractivity contribution in [3.63, 3.8) is 0 Å². The SMILES string of the molecule is C#C[C@]1(OC(=O)c2ccccc2)[C@H](n2cnc3c(=O)[nH]c(NC(c4ccccc4)(c4ccccc4)c4ccc(OC)cc4)nc32)O[C@](F)(CC)[C@H]1O. The van der Waals surface area contributed by atoms with E-state index in [1.165, 1.54) is 30.0 Å². The number of hydrogen-bond acceptors (Lipinski definition) is 9. The second kappa shape index (κ2) is 13.4. The standard InChI is InChI=1S/C40H34FN5O6/c1-4-38(51-34(48)26-15-9-6-10-16-26)35(49)39(41,5-2)52-36(38)46-25-42-31-32(46)43-37(44-33(31)47)45-40(27-17-11-7-12-18-27,28-19-13-8-14-20-28)29-21-23-30(50-3)24-22-29/h1,6-25,35-36,49H,5H2,2-3H3,(H2,43,44,45,47)/t35-,36+,38+,39+/m0/s1. The number of anilines is 1. The first-order valence-electron chi connectivity index (χ1n) is 16.5. The maximum atomic E-state index is 16.3. The third-order valence-corrected chi connectivity index (χ3v) is 9.40. The van der Waals surface area contributed by atoms with Gasteiger partial charge in [0.15, 0.2) is 23.5 Å². The molecule has 52 heavy (non-hydrogen) atoms. The number of imidazole rings is 1. The molecule has 1 fully saturated rings. The van der Waals surface area contributed by atoms with Crippen LogP contribution >= 0.6 is 0 Å². The Hall–Kier alpha value is -6.29. The largest absolute Gasteiger partial charge is 0.497 e. The van der Waals surface area contributed by atoms with Crippen molar-refractivity contribution in [2.45, 2.75) is 42.7 Å². The van der Waals surface area contributed by atoms with Gasteiger partial charge in [-0.2, -0.15) is 4.98 Å². The second-order valence-corrected chi connectivity index (χ2v) is 12.3. The highest BCUT2D eigenvalue weighted by atomic mass is 19.2. The average Bonchev–Trinajstić information content (AvgIpc) is 3.71. The lowest BCUT2D eigenvalue weighted by Gasteiger charge is -2.37. The zero-order valence-corrected chi connectivity index (χ0v) is 28.2. The Balaban J connectivity index is 1.40. The fourth-order valence-corrected chi connectivity index (χ4v) is 6.67. The second-order valence-electron chi connectivity index (χ2n) is 12.3. The maximum Gasteiger partial charge on any atom is 0.339 e. The Morgan fingerprint density at radius 3 is 2.13 bits per heavy atom. The Morgan fingerprint density at radius 2 is 1.58 bits per heavy atom. The minimum absolute atomic E-state index is 0.0101. The van der Waals surface area contributed by atoms with Gasteiger partial charge in [0.1, 0.15) is 11.3 Å². The van der Waals surface area contributed by atoms with E-state index in [1.54, 1.807) is 25.3 Å². The van der Waals surface area contributed by atoms with Crippen LogP contribution in [-0.2, 0) is 15.0 Å². The Morgan fingerprint density at radius 1 is 1.00 bits per heavy atom. The number of aliphatic hydroxyl groups excluding tert-OH is 1. The molecule has 7 rings (SSSR count). The van der Waals surface area contributed by atoms with Crippen molar-refractivity contribution < 1.29 is 28.5 Å². The predicted molar refractivity (Wildman–Crippen MR) is 191 cm³/mol. The zero-order valence-electron chi connectivity index (χ0n) is 28.2. The lowest BCUT2D eigenvalue weighted by atomic mass is 9.77. The summed E-state index contributed by atoms with van der Waals surface area (Å²) in [5.74, 6) is -0.682. The number of aromatic nitrogens is 4. The van der Waals surface area contributed by atoms with Crippen molar-refractivity contribution in [3.05, 3.63) is 154 Å². The van der Waals surface area contributed by atoms with Gasteiger partial charge in [0.05, 0.1) is 19.0 Å². The van der Waals surface area contributed by atoms with Crippen molar-refractivity contribution in [3.8, 4) is 18.1 Å². The molecule has 0 saturated carbocycles. The monoisotopic (exact) mass is 699 g/mol. The number of nitrogens with one attached hydrogen (secondary N) is 2. The fraction of sp³-hybridized carbons (Fsp3) is 0.200. The molecule has 3 heterocycles. The molecule has 1 aliphatic heterocycles. The number of nitrogens with zero attached hydrogens (tertiary/aromatic N) is 3. The summed E-state index contributed by atoms with van der Waals surface area (Å²) in [7, 11) is 1.58. The van der Waals surface area contributed by atoms with E-state index in [4.69, 9.17) is 25.6 Å². The molecule has 11 nitrogen and oxygen atoms in total. The van der Waals surface area contributed by atoms with Gasteiger partial charge in [-0.25, -0.2) is 14.2 Å². The molecule has 0 spiro atoms. The van der Waals surface area contributed by atoms with Gasteiger partial charge in [-0.1, -0.05) is 104 Å². The molecule has 6 aromatic rings. The topological polar surface area (TPSA) is 141 Å². The van der Waals surface area contributed by atoms with Gasteiger partial charge in [0.2, 0.25) is 17.4 Å². The fourth-order valence-electron chi connectivity index (χ4n) is 6.67. The van der Waals surface area contributed by atoms with E-state index in [9.17, 15) is 14.7 Å². The Bertz CT molecular complexity index is 2270.